The summed E-state index contributed by atoms with van der Waals surface area (Å²) >= 11 is 0. The third kappa shape index (κ3) is 1.66. The van der Waals surface area contributed by atoms with Crippen LogP contribution < -0.4 is 5.32 Å². The molecule has 1 aliphatic heterocycles. The van der Waals surface area contributed by atoms with E-state index < -0.39 is 0 Å². The van der Waals surface area contributed by atoms with Gasteiger partial charge in [-0.25, -0.2) is 0 Å². The van der Waals surface area contributed by atoms with E-state index >= 15 is 0 Å². The first-order chi connectivity index (χ1) is 5.81. The van der Waals surface area contributed by atoms with Crippen LogP contribution in [0.1, 0.15) is 51.9 Å². The first-order valence-corrected chi connectivity index (χ1v) is 5.54. The van der Waals surface area contributed by atoms with Crippen LogP contribution in [0.2, 0.25) is 0 Å². The van der Waals surface area contributed by atoms with Crippen LogP contribution in [0.5, 0.6) is 0 Å². The highest BCUT2D eigenvalue weighted by Gasteiger charge is 2.34. The molecule has 0 radical (unpaired) electrons. The summed E-state index contributed by atoms with van der Waals surface area (Å²) in [5, 5.41) is 3.64. The summed E-state index contributed by atoms with van der Waals surface area (Å²) in [6, 6.07) is 0.776. The van der Waals surface area contributed by atoms with Gasteiger partial charge in [0.15, 0.2) is 0 Å². The molecule has 0 bridgehead atoms. The van der Waals surface area contributed by atoms with E-state index in [2.05, 4.69) is 12.2 Å². The quantitative estimate of drug-likeness (QED) is 0.585. The van der Waals surface area contributed by atoms with Crippen LogP contribution in [-0.4, -0.2) is 12.6 Å². The molecule has 1 atom stereocenters. The van der Waals surface area contributed by atoms with E-state index in [0.29, 0.717) is 0 Å². The van der Waals surface area contributed by atoms with Gasteiger partial charge in [0.25, 0.3) is 0 Å². The summed E-state index contributed by atoms with van der Waals surface area (Å²) in [6.45, 7) is 3.61. The van der Waals surface area contributed by atoms with Gasteiger partial charge in [-0.05, 0) is 38.0 Å². The van der Waals surface area contributed by atoms with Crippen LogP contribution in [0.25, 0.3) is 0 Å². The van der Waals surface area contributed by atoms with Gasteiger partial charge in [-0.1, -0.05) is 19.3 Å². The number of rotatable bonds is 0. The van der Waals surface area contributed by atoms with Crippen LogP contribution >= 0.6 is 0 Å². The maximum absolute atomic E-state index is 3.64. The van der Waals surface area contributed by atoms with Crippen LogP contribution in [0.3, 0.4) is 0 Å². The molecular formula is C11H21N. The van der Waals surface area contributed by atoms with Gasteiger partial charge in [0.2, 0.25) is 0 Å². The highest BCUT2D eigenvalue weighted by Crippen LogP contribution is 2.41. The molecule has 1 nitrogen and oxygen atoms in total. The Labute approximate surface area is 75.9 Å². The lowest BCUT2D eigenvalue weighted by molar-refractivity contribution is 0.123. The van der Waals surface area contributed by atoms with Crippen LogP contribution in [0, 0.1) is 5.41 Å². The van der Waals surface area contributed by atoms with Crippen molar-refractivity contribution in [2.24, 2.45) is 5.41 Å². The molecule has 0 aromatic rings. The van der Waals surface area contributed by atoms with E-state index in [0.717, 1.165) is 11.5 Å². The normalized spacial score (nSPS) is 35.2. The predicted octanol–water partition coefficient (Wildman–Crippen LogP) is 2.71. The fourth-order valence-corrected chi connectivity index (χ4v) is 2.83. The Hall–Kier alpha value is -0.0400. The Balaban J connectivity index is 1.92. The zero-order valence-electron chi connectivity index (χ0n) is 8.23. The van der Waals surface area contributed by atoms with Crippen molar-refractivity contribution in [2.75, 3.05) is 6.54 Å². The fourth-order valence-electron chi connectivity index (χ4n) is 2.83. The first kappa shape index (κ1) is 8.55. The minimum Gasteiger partial charge on any atom is -0.314 e. The van der Waals surface area contributed by atoms with Crippen molar-refractivity contribution in [1.29, 1.82) is 0 Å². The van der Waals surface area contributed by atoms with Crippen LogP contribution in [0.4, 0.5) is 0 Å². The molecule has 0 aromatic heterocycles. The van der Waals surface area contributed by atoms with Gasteiger partial charge in [-0.2, -0.15) is 0 Å². The van der Waals surface area contributed by atoms with E-state index in [-0.39, 0.29) is 0 Å². The van der Waals surface area contributed by atoms with Gasteiger partial charge in [-0.3, -0.25) is 0 Å². The van der Waals surface area contributed by atoms with E-state index in [1.165, 1.54) is 51.5 Å². The van der Waals surface area contributed by atoms with Crippen LogP contribution in [0.15, 0.2) is 0 Å². The number of nitrogens with one attached hydrogen (secondary N) is 1. The molecule has 0 aromatic carbocycles. The molecular weight excluding hydrogens is 146 g/mol. The zero-order chi connectivity index (χ0) is 8.44. The van der Waals surface area contributed by atoms with E-state index in [4.69, 9.17) is 0 Å². The SMILES string of the molecule is C[C@@H]1CCC2(CCCCC2)CN1. The lowest BCUT2D eigenvalue weighted by atomic mass is 9.69. The Kier molecular flexibility index (Phi) is 2.40. The second kappa shape index (κ2) is 3.37. The fraction of sp³-hybridized carbons (Fsp3) is 1.00. The van der Waals surface area contributed by atoms with Crippen molar-refractivity contribution in [1.82, 2.24) is 5.32 Å². The minimum absolute atomic E-state index is 0.727. The van der Waals surface area contributed by atoms with Crippen molar-refractivity contribution in [3.8, 4) is 0 Å². The van der Waals surface area contributed by atoms with E-state index in [1.807, 2.05) is 0 Å². The van der Waals surface area contributed by atoms with Gasteiger partial charge < -0.3 is 5.32 Å². The summed E-state index contributed by atoms with van der Waals surface area (Å²) in [5.41, 5.74) is 0.727. The van der Waals surface area contributed by atoms with Crippen molar-refractivity contribution in [3.63, 3.8) is 0 Å². The smallest absolute Gasteiger partial charge is 0.00391 e. The highest BCUT2D eigenvalue weighted by atomic mass is 14.9. The molecule has 0 unspecified atom stereocenters. The van der Waals surface area contributed by atoms with Crippen molar-refractivity contribution >= 4 is 0 Å². The first-order valence-electron chi connectivity index (χ1n) is 5.54. The summed E-state index contributed by atoms with van der Waals surface area (Å²) in [7, 11) is 0. The van der Waals surface area contributed by atoms with E-state index in [1.54, 1.807) is 0 Å². The monoisotopic (exact) mass is 167 g/mol. The largest absolute Gasteiger partial charge is 0.314 e. The Bertz CT molecular complexity index is 137. The lowest BCUT2D eigenvalue weighted by Gasteiger charge is -2.42. The Morgan fingerprint density at radius 1 is 1.08 bits per heavy atom. The summed E-state index contributed by atoms with van der Waals surface area (Å²) in [4.78, 5) is 0. The zero-order valence-corrected chi connectivity index (χ0v) is 8.23. The molecule has 2 fully saturated rings. The summed E-state index contributed by atoms with van der Waals surface area (Å²) in [5.74, 6) is 0. The van der Waals surface area contributed by atoms with Crippen molar-refractivity contribution in [2.45, 2.75) is 57.9 Å². The van der Waals surface area contributed by atoms with Gasteiger partial charge in [0.1, 0.15) is 0 Å². The molecule has 1 saturated carbocycles. The number of hydrogen-bond donors (Lipinski definition) is 1. The molecule has 1 spiro atoms. The maximum atomic E-state index is 3.64. The molecule has 2 rings (SSSR count). The Morgan fingerprint density at radius 3 is 2.42 bits per heavy atom. The molecule has 1 heteroatoms. The number of piperidine rings is 1. The summed E-state index contributed by atoms with van der Waals surface area (Å²) in [6.07, 6.45) is 10.3. The molecule has 1 saturated heterocycles. The minimum atomic E-state index is 0.727. The highest BCUT2D eigenvalue weighted by molar-refractivity contribution is 4.89. The molecule has 2 aliphatic rings. The predicted molar refractivity (Wildman–Crippen MR) is 52.2 cm³/mol. The van der Waals surface area contributed by atoms with Gasteiger partial charge in [0.05, 0.1) is 0 Å². The third-order valence-corrected chi connectivity index (χ3v) is 3.85. The molecule has 1 N–H and O–H groups in total. The van der Waals surface area contributed by atoms with Crippen molar-refractivity contribution < 1.29 is 0 Å². The molecule has 1 aliphatic carbocycles. The average molecular weight is 167 g/mol. The van der Waals surface area contributed by atoms with Crippen molar-refractivity contribution in [3.05, 3.63) is 0 Å². The molecule has 1 heterocycles. The van der Waals surface area contributed by atoms with E-state index in [9.17, 15) is 0 Å². The number of hydrogen-bond acceptors (Lipinski definition) is 1. The second-order valence-electron chi connectivity index (χ2n) is 4.88. The third-order valence-electron chi connectivity index (χ3n) is 3.85. The average Bonchev–Trinajstić information content (AvgIpc) is 2.13. The topological polar surface area (TPSA) is 12.0 Å². The van der Waals surface area contributed by atoms with Gasteiger partial charge in [0, 0.05) is 12.6 Å². The second-order valence-corrected chi connectivity index (χ2v) is 4.88. The molecule has 70 valence electrons. The van der Waals surface area contributed by atoms with Crippen LogP contribution in [-0.2, 0) is 0 Å². The summed E-state index contributed by atoms with van der Waals surface area (Å²) < 4.78 is 0. The standard InChI is InChI=1S/C11H21N/c1-10-5-8-11(9-12-10)6-3-2-4-7-11/h10,12H,2-9H2,1H3/t10-/m1/s1. The van der Waals surface area contributed by atoms with Gasteiger partial charge in [-0.15, -0.1) is 0 Å². The van der Waals surface area contributed by atoms with Gasteiger partial charge >= 0.3 is 0 Å². The maximum Gasteiger partial charge on any atom is 0.00391 e. The molecule has 12 heavy (non-hydrogen) atoms. The molecule has 0 amide bonds. The Morgan fingerprint density at radius 2 is 1.83 bits per heavy atom. The lowest BCUT2D eigenvalue weighted by Crippen LogP contribution is -2.45.